The summed E-state index contributed by atoms with van der Waals surface area (Å²) in [5.74, 6) is 1.48. The summed E-state index contributed by atoms with van der Waals surface area (Å²) in [6.45, 7) is 2.57. The molecule has 16 heavy (non-hydrogen) atoms. The van der Waals surface area contributed by atoms with Crippen molar-refractivity contribution in [3.63, 3.8) is 0 Å². The largest absolute Gasteiger partial charge is 0.493 e. The van der Waals surface area contributed by atoms with E-state index in [0.29, 0.717) is 6.61 Å². The molecule has 88 valence electrons. The van der Waals surface area contributed by atoms with Crippen LogP contribution in [0.4, 0.5) is 0 Å². The van der Waals surface area contributed by atoms with Gasteiger partial charge in [0.15, 0.2) is 11.5 Å². The molecule has 4 nitrogen and oxygen atoms in total. The Bertz CT molecular complexity index is 362. The first-order chi connectivity index (χ1) is 7.67. The first kappa shape index (κ1) is 12.4. The van der Waals surface area contributed by atoms with E-state index in [1.807, 2.05) is 39.2 Å². The molecular formula is C12H18N2O2. The summed E-state index contributed by atoms with van der Waals surface area (Å²) in [4.78, 5) is 0. The van der Waals surface area contributed by atoms with Crippen molar-refractivity contribution >= 4 is 6.21 Å². The maximum Gasteiger partial charge on any atom is 0.161 e. The Labute approximate surface area is 96.5 Å². The smallest absolute Gasteiger partial charge is 0.161 e. The number of hydrogen-bond acceptors (Lipinski definition) is 4. The lowest BCUT2D eigenvalue weighted by Crippen LogP contribution is -2.02. The quantitative estimate of drug-likeness (QED) is 0.564. The molecule has 0 bridgehead atoms. The summed E-state index contributed by atoms with van der Waals surface area (Å²) in [5.41, 5.74) is 0.981. The number of nitrogens with zero attached hydrogens (tertiary/aromatic N) is 2. The summed E-state index contributed by atoms with van der Waals surface area (Å²) in [7, 11) is 5.38. The minimum absolute atomic E-state index is 0.626. The van der Waals surface area contributed by atoms with Gasteiger partial charge in [-0.05, 0) is 30.7 Å². The standard InChI is InChI=1S/C12H18N2O2/c1-5-16-11-7-6-10(8-12(11)15-4)9-13-14(2)3/h6-9H,5H2,1-4H3/b13-9-. The summed E-state index contributed by atoms with van der Waals surface area (Å²) in [6.07, 6.45) is 1.78. The number of ether oxygens (including phenoxy) is 2. The minimum Gasteiger partial charge on any atom is -0.493 e. The monoisotopic (exact) mass is 222 g/mol. The van der Waals surface area contributed by atoms with E-state index in [1.54, 1.807) is 18.3 Å². The van der Waals surface area contributed by atoms with Crippen LogP contribution in [0.1, 0.15) is 12.5 Å². The van der Waals surface area contributed by atoms with Crippen LogP contribution >= 0.6 is 0 Å². The zero-order valence-electron chi connectivity index (χ0n) is 10.2. The minimum atomic E-state index is 0.626. The average Bonchev–Trinajstić information content (AvgIpc) is 2.28. The highest BCUT2D eigenvalue weighted by Gasteiger charge is 2.03. The van der Waals surface area contributed by atoms with Crippen LogP contribution in [0.15, 0.2) is 23.3 Å². The molecule has 0 N–H and O–H groups in total. The fourth-order valence-electron chi connectivity index (χ4n) is 1.22. The number of hydrazone groups is 1. The van der Waals surface area contributed by atoms with E-state index >= 15 is 0 Å². The lowest BCUT2D eigenvalue weighted by atomic mass is 10.2. The van der Waals surface area contributed by atoms with Crippen LogP contribution in [0.25, 0.3) is 0 Å². The van der Waals surface area contributed by atoms with E-state index in [4.69, 9.17) is 9.47 Å². The average molecular weight is 222 g/mol. The van der Waals surface area contributed by atoms with E-state index in [-0.39, 0.29) is 0 Å². The van der Waals surface area contributed by atoms with Gasteiger partial charge in [-0.2, -0.15) is 5.10 Å². The van der Waals surface area contributed by atoms with Gasteiger partial charge in [-0.15, -0.1) is 0 Å². The number of hydrogen-bond donors (Lipinski definition) is 0. The fraction of sp³-hybridized carbons (Fsp3) is 0.417. The van der Waals surface area contributed by atoms with Gasteiger partial charge in [0.25, 0.3) is 0 Å². The SMILES string of the molecule is CCOc1ccc(/C=N\N(C)C)cc1OC. The lowest BCUT2D eigenvalue weighted by Gasteiger charge is -2.09. The Hall–Kier alpha value is -1.71. The van der Waals surface area contributed by atoms with Crippen LogP contribution < -0.4 is 9.47 Å². The normalized spacial score (nSPS) is 10.5. The van der Waals surface area contributed by atoms with Gasteiger partial charge in [0.1, 0.15) is 0 Å². The number of methoxy groups -OCH3 is 1. The Balaban J connectivity index is 2.90. The summed E-state index contributed by atoms with van der Waals surface area (Å²) in [5, 5.41) is 5.90. The van der Waals surface area contributed by atoms with Crippen LogP contribution in [0, 0.1) is 0 Å². The second kappa shape index (κ2) is 6.00. The molecule has 1 aromatic rings. The van der Waals surface area contributed by atoms with Crippen LogP contribution in [-0.4, -0.2) is 39.0 Å². The molecule has 0 saturated carbocycles. The molecule has 0 aliphatic heterocycles. The predicted molar refractivity (Wildman–Crippen MR) is 65.4 cm³/mol. The van der Waals surface area contributed by atoms with Crippen LogP contribution in [0.3, 0.4) is 0 Å². The van der Waals surface area contributed by atoms with E-state index in [2.05, 4.69) is 5.10 Å². The summed E-state index contributed by atoms with van der Waals surface area (Å²) in [6, 6.07) is 5.73. The second-order valence-corrected chi connectivity index (χ2v) is 3.44. The molecule has 0 heterocycles. The molecule has 0 radical (unpaired) electrons. The molecule has 0 atom stereocenters. The molecule has 1 aromatic carbocycles. The Morgan fingerprint density at radius 3 is 2.62 bits per heavy atom. The van der Waals surface area contributed by atoms with Gasteiger partial charge in [-0.1, -0.05) is 0 Å². The highest BCUT2D eigenvalue weighted by Crippen LogP contribution is 2.27. The molecule has 0 amide bonds. The Morgan fingerprint density at radius 1 is 1.31 bits per heavy atom. The van der Waals surface area contributed by atoms with Crippen molar-refractivity contribution < 1.29 is 9.47 Å². The maximum absolute atomic E-state index is 5.43. The van der Waals surface area contributed by atoms with Crippen molar-refractivity contribution in [3.8, 4) is 11.5 Å². The van der Waals surface area contributed by atoms with Crippen LogP contribution in [0.5, 0.6) is 11.5 Å². The summed E-state index contributed by atoms with van der Waals surface area (Å²) < 4.78 is 10.7. The first-order valence-corrected chi connectivity index (χ1v) is 5.19. The van der Waals surface area contributed by atoms with Crippen molar-refractivity contribution in [3.05, 3.63) is 23.8 Å². The maximum atomic E-state index is 5.43. The van der Waals surface area contributed by atoms with Crippen LogP contribution in [0.2, 0.25) is 0 Å². The topological polar surface area (TPSA) is 34.1 Å². The van der Waals surface area contributed by atoms with Gasteiger partial charge < -0.3 is 14.5 Å². The van der Waals surface area contributed by atoms with Gasteiger partial charge in [0, 0.05) is 14.1 Å². The second-order valence-electron chi connectivity index (χ2n) is 3.44. The molecule has 4 heteroatoms. The highest BCUT2D eigenvalue weighted by molar-refractivity contribution is 5.80. The third-order valence-corrected chi connectivity index (χ3v) is 1.93. The van der Waals surface area contributed by atoms with Crippen molar-refractivity contribution in [1.82, 2.24) is 5.01 Å². The first-order valence-electron chi connectivity index (χ1n) is 5.19. The lowest BCUT2D eigenvalue weighted by molar-refractivity contribution is 0.311. The molecule has 0 spiro atoms. The van der Waals surface area contributed by atoms with E-state index in [9.17, 15) is 0 Å². The van der Waals surface area contributed by atoms with Crippen molar-refractivity contribution in [1.29, 1.82) is 0 Å². The van der Waals surface area contributed by atoms with Gasteiger partial charge >= 0.3 is 0 Å². The van der Waals surface area contributed by atoms with Gasteiger partial charge in [0.05, 0.1) is 19.9 Å². The van der Waals surface area contributed by atoms with Gasteiger partial charge in [-0.3, -0.25) is 0 Å². The Kier molecular flexibility index (Phi) is 4.64. The predicted octanol–water partition coefficient (Wildman–Crippen LogP) is 1.99. The van der Waals surface area contributed by atoms with Crippen molar-refractivity contribution in [2.24, 2.45) is 5.10 Å². The third-order valence-electron chi connectivity index (χ3n) is 1.93. The molecule has 0 unspecified atom stereocenters. The summed E-state index contributed by atoms with van der Waals surface area (Å²) >= 11 is 0. The molecule has 0 saturated heterocycles. The number of rotatable bonds is 5. The van der Waals surface area contributed by atoms with E-state index in [1.165, 1.54) is 0 Å². The highest BCUT2D eigenvalue weighted by atomic mass is 16.5. The fourth-order valence-corrected chi connectivity index (χ4v) is 1.22. The zero-order valence-corrected chi connectivity index (χ0v) is 10.2. The molecule has 0 fully saturated rings. The molecule has 0 aliphatic rings. The van der Waals surface area contributed by atoms with Gasteiger partial charge in [0.2, 0.25) is 0 Å². The third kappa shape index (κ3) is 3.46. The number of benzene rings is 1. The van der Waals surface area contributed by atoms with Crippen molar-refractivity contribution in [2.75, 3.05) is 27.8 Å². The molecule has 1 rings (SSSR count). The molecule has 0 aromatic heterocycles. The van der Waals surface area contributed by atoms with Gasteiger partial charge in [-0.25, -0.2) is 0 Å². The van der Waals surface area contributed by atoms with Crippen molar-refractivity contribution in [2.45, 2.75) is 6.92 Å². The van der Waals surface area contributed by atoms with E-state index < -0.39 is 0 Å². The molecule has 0 aliphatic carbocycles. The molecular weight excluding hydrogens is 204 g/mol. The Morgan fingerprint density at radius 2 is 2.06 bits per heavy atom. The zero-order chi connectivity index (χ0) is 12.0. The van der Waals surface area contributed by atoms with E-state index in [0.717, 1.165) is 17.1 Å². The van der Waals surface area contributed by atoms with Crippen LogP contribution in [-0.2, 0) is 0 Å².